The molecule has 0 saturated carbocycles. The maximum absolute atomic E-state index is 14.0. The zero-order valence-corrected chi connectivity index (χ0v) is 19.3. The Kier molecular flexibility index (Phi) is 4.39. The number of hydrogen-bond donors (Lipinski definition) is 0. The van der Waals surface area contributed by atoms with E-state index in [0.29, 0.717) is 41.3 Å². The molecule has 3 aromatic carbocycles. The number of amides is 2. The van der Waals surface area contributed by atoms with Gasteiger partial charge in [0.15, 0.2) is 17.1 Å². The zero-order valence-electron chi connectivity index (χ0n) is 19.3. The summed E-state index contributed by atoms with van der Waals surface area (Å²) in [5.74, 6) is -2.02. The highest BCUT2D eigenvalue weighted by molar-refractivity contribution is 6.37. The lowest BCUT2D eigenvalue weighted by molar-refractivity contribution is -0.124. The topological polar surface area (TPSA) is 84.0 Å². The molecule has 3 aromatic rings. The molecule has 3 aliphatic heterocycles. The summed E-state index contributed by atoms with van der Waals surface area (Å²) in [4.78, 5) is 58.5. The van der Waals surface area contributed by atoms with E-state index in [1.165, 1.54) is 4.90 Å². The molecular formula is C29H22N2O5. The molecule has 1 aliphatic carbocycles. The SMILES string of the molecule is O=C1[C@H]2[C@H]3CCCN3C3(C(=O)c4ccccc4C3=O)[C@@H]2C(=O)N1c1ccc(Oc2ccccc2)cc1. The van der Waals surface area contributed by atoms with Crippen molar-refractivity contribution in [2.75, 3.05) is 11.4 Å². The second-order valence-electron chi connectivity index (χ2n) is 9.80. The van der Waals surface area contributed by atoms with Gasteiger partial charge in [-0.15, -0.1) is 0 Å². The van der Waals surface area contributed by atoms with Crippen LogP contribution in [0.2, 0.25) is 0 Å². The fraction of sp³-hybridized carbons (Fsp3) is 0.241. The highest BCUT2D eigenvalue weighted by Gasteiger charge is 2.76. The predicted molar refractivity (Wildman–Crippen MR) is 130 cm³/mol. The Morgan fingerprint density at radius 3 is 2.00 bits per heavy atom. The van der Waals surface area contributed by atoms with Crippen molar-refractivity contribution in [2.45, 2.75) is 24.4 Å². The van der Waals surface area contributed by atoms with Crippen molar-refractivity contribution in [1.82, 2.24) is 4.90 Å². The van der Waals surface area contributed by atoms with Gasteiger partial charge in [0.1, 0.15) is 11.5 Å². The van der Waals surface area contributed by atoms with E-state index < -0.39 is 23.3 Å². The van der Waals surface area contributed by atoms with E-state index in [9.17, 15) is 19.2 Å². The first kappa shape index (κ1) is 21.2. The number of Topliss-reactive ketones (excluding diaryl/α,β-unsaturated/α-hetero) is 2. The van der Waals surface area contributed by atoms with Crippen LogP contribution in [0.1, 0.15) is 33.6 Å². The largest absolute Gasteiger partial charge is 0.457 e. The van der Waals surface area contributed by atoms with Gasteiger partial charge in [0.05, 0.1) is 17.5 Å². The maximum atomic E-state index is 14.0. The molecule has 0 aromatic heterocycles. The first-order valence-corrected chi connectivity index (χ1v) is 12.2. The van der Waals surface area contributed by atoms with Gasteiger partial charge < -0.3 is 4.74 Å². The van der Waals surface area contributed by atoms with Gasteiger partial charge >= 0.3 is 0 Å². The molecule has 7 heteroatoms. The highest BCUT2D eigenvalue weighted by atomic mass is 16.5. The minimum atomic E-state index is -1.63. The van der Waals surface area contributed by atoms with Crippen molar-refractivity contribution in [1.29, 1.82) is 0 Å². The molecule has 0 bridgehead atoms. The van der Waals surface area contributed by atoms with E-state index in [1.807, 2.05) is 35.2 Å². The molecule has 36 heavy (non-hydrogen) atoms. The number of fused-ring (bicyclic) bond motifs is 6. The van der Waals surface area contributed by atoms with Crippen LogP contribution in [-0.4, -0.2) is 46.4 Å². The summed E-state index contributed by atoms with van der Waals surface area (Å²) in [5, 5.41) is 0. The van der Waals surface area contributed by atoms with Crippen LogP contribution < -0.4 is 9.64 Å². The Hall–Kier alpha value is -4.10. The van der Waals surface area contributed by atoms with Crippen LogP contribution in [0.5, 0.6) is 11.5 Å². The number of para-hydroxylation sites is 1. The molecule has 0 unspecified atom stereocenters. The molecule has 2 amide bonds. The van der Waals surface area contributed by atoms with Gasteiger partial charge in [-0.3, -0.25) is 24.1 Å². The Balaban J connectivity index is 1.27. The first-order valence-electron chi connectivity index (χ1n) is 12.2. The van der Waals surface area contributed by atoms with Gasteiger partial charge in [-0.1, -0.05) is 42.5 Å². The summed E-state index contributed by atoms with van der Waals surface area (Å²) in [6.07, 6.45) is 1.45. The summed E-state index contributed by atoms with van der Waals surface area (Å²) >= 11 is 0. The van der Waals surface area contributed by atoms with Gasteiger partial charge in [-0.25, -0.2) is 4.90 Å². The number of imide groups is 1. The van der Waals surface area contributed by atoms with E-state index in [-0.39, 0.29) is 23.5 Å². The minimum Gasteiger partial charge on any atom is -0.457 e. The van der Waals surface area contributed by atoms with E-state index in [4.69, 9.17) is 4.74 Å². The van der Waals surface area contributed by atoms with E-state index in [0.717, 1.165) is 6.42 Å². The molecule has 1 spiro atoms. The molecule has 0 N–H and O–H groups in total. The van der Waals surface area contributed by atoms with Gasteiger partial charge in [-0.05, 0) is 55.8 Å². The van der Waals surface area contributed by atoms with E-state index in [2.05, 4.69) is 0 Å². The maximum Gasteiger partial charge on any atom is 0.240 e. The molecular weight excluding hydrogens is 456 g/mol. The van der Waals surface area contributed by atoms with Crippen LogP contribution >= 0.6 is 0 Å². The third-order valence-electron chi connectivity index (χ3n) is 8.15. The average Bonchev–Trinajstić information content (AvgIpc) is 3.60. The number of hydrogen-bond acceptors (Lipinski definition) is 6. The van der Waals surface area contributed by atoms with Crippen LogP contribution in [0.3, 0.4) is 0 Å². The number of carbonyl (C=O) groups is 4. The molecule has 0 radical (unpaired) electrons. The van der Waals surface area contributed by atoms with Crippen molar-refractivity contribution in [3.8, 4) is 11.5 Å². The summed E-state index contributed by atoms with van der Waals surface area (Å²) < 4.78 is 5.84. The number of carbonyl (C=O) groups excluding carboxylic acids is 4. The summed E-state index contributed by atoms with van der Waals surface area (Å²) in [6, 6.07) is 22.5. The fourth-order valence-electron chi connectivity index (χ4n) is 6.78. The molecule has 4 aliphatic rings. The lowest BCUT2D eigenvalue weighted by Gasteiger charge is -2.35. The van der Waals surface area contributed by atoms with Crippen LogP contribution in [0.15, 0.2) is 78.9 Å². The molecule has 3 atom stereocenters. The number of nitrogens with zero attached hydrogens (tertiary/aromatic N) is 2. The number of benzene rings is 3. The summed E-state index contributed by atoms with van der Waals surface area (Å²) in [6.45, 7) is 0.523. The van der Waals surface area contributed by atoms with Crippen molar-refractivity contribution in [3.05, 3.63) is 90.0 Å². The molecule has 3 saturated heterocycles. The summed E-state index contributed by atoms with van der Waals surface area (Å²) in [5.41, 5.74) is -0.535. The molecule has 3 fully saturated rings. The number of ether oxygens (including phenoxy) is 1. The van der Waals surface area contributed by atoms with Crippen LogP contribution in [0.4, 0.5) is 5.69 Å². The number of rotatable bonds is 3. The first-order chi connectivity index (χ1) is 17.5. The molecule has 3 heterocycles. The van der Waals surface area contributed by atoms with Crippen LogP contribution in [0, 0.1) is 11.8 Å². The fourth-order valence-corrected chi connectivity index (χ4v) is 6.78. The second kappa shape index (κ2) is 7.45. The van der Waals surface area contributed by atoms with Gasteiger partial charge in [0, 0.05) is 17.2 Å². The minimum absolute atomic E-state index is 0.306. The van der Waals surface area contributed by atoms with Crippen LogP contribution in [0.25, 0.3) is 0 Å². The Morgan fingerprint density at radius 2 is 1.33 bits per heavy atom. The average molecular weight is 479 g/mol. The van der Waals surface area contributed by atoms with Crippen molar-refractivity contribution < 1.29 is 23.9 Å². The lowest BCUT2D eigenvalue weighted by atomic mass is 9.76. The monoisotopic (exact) mass is 478 g/mol. The third kappa shape index (κ3) is 2.55. The Morgan fingerprint density at radius 1 is 0.722 bits per heavy atom. The van der Waals surface area contributed by atoms with Gasteiger partial charge in [-0.2, -0.15) is 0 Å². The van der Waals surface area contributed by atoms with Crippen molar-refractivity contribution in [2.24, 2.45) is 11.8 Å². The Labute approximate surface area is 207 Å². The number of anilines is 1. The highest BCUT2D eigenvalue weighted by Crippen LogP contribution is 2.57. The lowest BCUT2D eigenvalue weighted by Crippen LogP contribution is -2.59. The number of ketones is 2. The molecule has 7 rings (SSSR count). The third-order valence-corrected chi connectivity index (χ3v) is 8.15. The van der Waals surface area contributed by atoms with E-state index >= 15 is 0 Å². The molecule has 7 nitrogen and oxygen atoms in total. The normalized spacial score (nSPS) is 26.0. The quantitative estimate of drug-likeness (QED) is 0.420. The zero-order chi connectivity index (χ0) is 24.6. The summed E-state index contributed by atoms with van der Waals surface area (Å²) in [7, 11) is 0. The van der Waals surface area contributed by atoms with Gasteiger partial charge in [0.2, 0.25) is 11.8 Å². The molecule has 178 valence electrons. The standard InChI is InChI=1S/C29H22N2O5/c32-25-20-9-4-5-10-21(20)26(33)29(25)24-23(22-11-6-16-30(22)29)27(34)31(28(24)35)17-12-14-19(15-13-17)36-18-7-2-1-3-8-18/h1-5,7-10,12-15,22-24H,6,11,16H2/t22-,23+,24+/m1/s1. The van der Waals surface area contributed by atoms with Crippen molar-refractivity contribution in [3.63, 3.8) is 0 Å². The second-order valence-corrected chi connectivity index (χ2v) is 9.80. The predicted octanol–water partition coefficient (Wildman–Crippen LogP) is 3.88. The Bertz CT molecular complexity index is 1410. The smallest absolute Gasteiger partial charge is 0.240 e. The van der Waals surface area contributed by atoms with Crippen molar-refractivity contribution >= 4 is 29.1 Å². The van der Waals surface area contributed by atoms with Crippen LogP contribution in [-0.2, 0) is 9.59 Å². The van der Waals surface area contributed by atoms with E-state index in [1.54, 1.807) is 48.5 Å². The van der Waals surface area contributed by atoms with Gasteiger partial charge in [0.25, 0.3) is 0 Å².